The van der Waals surface area contributed by atoms with Crippen LogP contribution in [0.4, 0.5) is 5.69 Å². The van der Waals surface area contributed by atoms with E-state index in [0.29, 0.717) is 10.9 Å². The van der Waals surface area contributed by atoms with E-state index < -0.39 is 9.84 Å². The van der Waals surface area contributed by atoms with Crippen molar-refractivity contribution in [3.63, 3.8) is 0 Å². The van der Waals surface area contributed by atoms with Gasteiger partial charge in [0.25, 0.3) is 0 Å². The highest BCUT2D eigenvalue weighted by atomic mass is 32.2. The van der Waals surface area contributed by atoms with Gasteiger partial charge in [-0.25, -0.2) is 8.42 Å². The summed E-state index contributed by atoms with van der Waals surface area (Å²) in [5, 5.41) is 3.37. The quantitative estimate of drug-likeness (QED) is 0.909. The normalized spacial score (nSPS) is 24.1. The fourth-order valence-electron chi connectivity index (χ4n) is 2.06. The van der Waals surface area contributed by atoms with Gasteiger partial charge in [-0.1, -0.05) is 6.92 Å². The number of hydrogen-bond acceptors (Lipinski definition) is 4. The van der Waals surface area contributed by atoms with E-state index in [-0.39, 0.29) is 11.9 Å². The lowest BCUT2D eigenvalue weighted by Crippen LogP contribution is -2.26. The van der Waals surface area contributed by atoms with E-state index in [4.69, 9.17) is 4.74 Å². The fraction of sp³-hybridized carbons (Fsp3) is 0.538. The van der Waals surface area contributed by atoms with Gasteiger partial charge in [0.2, 0.25) is 0 Å². The van der Waals surface area contributed by atoms with Crippen molar-refractivity contribution >= 4 is 15.5 Å². The molecule has 2 unspecified atom stereocenters. The van der Waals surface area contributed by atoms with Gasteiger partial charge < -0.3 is 10.1 Å². The van der Waals surface area contributed by atoms with Gasteiger partial charge in [0, 0.05) is 12.3 Å². The lowest BCUT2D eigenvalue weighted by Gasteiger charge is -2.17. The van der Waals surface area contributed by atoms with Crippen molar-refractivity contribution in [2.24, 2.45) is 0 Å². The van der Waals surface area contributed by atoms with Gasteiger partial charge in [0.1, 0.15) is 0 Å². The molecule has 1 heterocycles. The molecule has 2 rings (SSSR count). The lowest BCUT2D eigenvalue weighted by molar-refractivity contribution is 0.121. The Balaban J connectivity index is 2.08. The predicted octanol–water partition coefficient (Wildman–Crippen LogP) is 2.07. The summed E-state index contributed by atoms with van der Waals surface area (Å²) in [5.74, 6) is 0.132. The molecule has 0 aromatic heterocycles. The van der Waals surface area contributed by atoms with Crippen LogP contribution in [-0.4, -0.2) is 32.9 Å². The lowest BCUT2D eigenvalue weighted by atomic mass is 10.1. The van der Waals surface area contributed by atoms with Crippen LogP contribution >= 0.6 is 0 Å². The van der Waals surface area contributed by atoms with Gasteiger partial charge in [0.15, 0.2) is 9.84 Å². The molecular weight excluding hydrogens is 250 g/mol. The molecule has 0 bridgehead atoms. The van der Waals surface area contributed by atoms with Gasteiger partial charge in [-0.2, -0.15) is 0 Å². The molecule has 1 N–H and O–H groups in total. The minimum Gasteiger partial charge on any atom is -0.380 e. The average molecular weight is 269 g/mol. The van der Waals surface area contributed by atoms with E-state index in [0.717, 1.165) is 18.7 Å². The molecule has 1 aliphatic heterocycles. The topological polar surface area (TPSA) is 55.4 Å². The first-order chi connectivity index (χ1) is 8.53. The van der Waals surface area contributed by atoms with E-state index in [9.17, 15) is 8.42 Å². The Kier molecular flexibility index (Phi) is 3.92. The smallest absolute Gasteiger partial charge is 0.178 e. The van der Waals surface area contributed by atoms with Gasteiger partial charge in [-0.3, -0.25) is 0 Å². The SMILES string of the molecule is CCS(=O)(=O)c1ccc(NC2CCOC2C)cc1. The van der Waals surface area contributed by atoms with E-state index in [1.54, 1.807) is 19.1 Å². The van der Waals surface area contributed by atoms with Gasteiger partial charge in [-0.05, 0) is 37.6 Å². The molecular formula is C13H19NO3S. The third-order valence-electron chi connectivity index (χ3n) is 3.32. The Hall–Kier alpha value is -1.07. The first-order valence-corrected chi connectivity index (χ1v) is 7.89. The van der Waals surface area contributed by atoms with Crippen LogP contribution < -0.4 is 5.32 Å². The van der Waals surface area contributed by atoms with E-state index in [1.807, 2.05) is 19.1 Å². The first kappa shape index (κ1) is 13.4. The summed E-state index contributed by atoms with van der Waals surface area (Å²) in [6.45, 7) is 4.47. The monoisotopic (exact) mass is 269 g/mol. The number of ether oxygens (including phenoxy) is 1. The minimum absolute atomic E-state index is 0.132. The molecule has 1 fully saturated rings. The maximum atomic E-state index is 11.7. The average Bonchev–Trinajstić information content (AvgIpc) is 2.76. The highest BCUT2D eigenvalue weighted by Gasteiger charge is 2.23. The second-order valence-corrected chi connectivity index (χ2v) is 6.82. The number of benzene rings is 1. The van der Waals surface area contributed by atoms with Crippen LogP contribution in [0.15, 0.2) is 29.2 Å². The molecule has 1 aromatic rings. The van der Waals surface area contributed by atoms with Crippen LogP contribution in [0.2, 0.25) is 0 Å². The van der Waals surface area contributed by atoms with Crippen molar-refractivity contribution < 1.29 is 13.2 Å². The molecule has 0 aliphatic carbocycles. The first-order valence-electron chi connectivity index (χ1n) is 6.24. The summed E-state index contributed by atoms with van der Waals surface area (Å²) in [6.07, 6.45) is 1.18. The van der Waals surface area contributed by atoms with Crippen LogP contribution in [0.5, 0.6) is 0 Å². The number of anilines is 1. The zero-order valence-electron chi connectivity index (χ0n) is 10.7. The van der Waals surface area contributed by atoms with Crippen molar-refractivity contribution in [3.8, 4) is 0 Å². The number of sulfone groups is 1. The second-order valence-electron chi connectivity index (χ2n) is 4.54. The van der Waals surface area contributed by atoms with Crippen LogP contribution in [0.3, 0.4) is 0 Å². The number of nitrogens with one attached hydrogen (secondary N) is 1. The van der Waals surface area contributed by atoms with Gasteiger partial charge >= 0.3 is 0 Å². The van der Waals surface area contributed by atoms with Gasteiger partial charge in [0.05, 0.1) is 22.8 Å². The second kappa shape index (κ2) is 5.28. The summed E-state index contributed by atoms with van der Waals surface area (Å²) in [6, 6.07) is 7.24. The molecule has 1 saturated heterocycles. The highest BCUT2D eigenvalue weighted by molar-refractivity contribution is 7.91. The summed E-state index contributed by atoms with van der Waals surface area (Å²) in [4.78, 5) is 0.381. The Bertz CT molecular complexity index is 495. The molecule has 0 saturated carbocycles. The molecule has 1 aromatic carbocycles. The third-order valence-corrected chi connectivity index (χ3v) is 5.07. The molecule has 5 heteroatoms. The maximum Gasteiger partial charge on any atom is 0.178 e. The predicted molar refractivity (Wildman–Crippen MR) is 71.6 cm³/mol. The maximum absolute atomic E-state index is 11.7. The van der Waals surface area contributed by atoms with Crippen molar-refractivity contribution in [1.29, 1.82) is 0 Å². The summed E-state index contributed by atoms with van der Waals surface area (Å²) < 4.78 is 28.8. The molecule has 4 nitrogen and oxygen atoms in total. The molecule has 2 atom stereocenters. The summed E-state index contributed by atoms with van der Waals surface area (Å²) >= 11 is 0. The van der Waals surface area contributed by atoms with Crippen molar-refractivity contribution in [3.05, 3.63) is 24.3 Å². The zero-order chi connectivity index (χ0) is 13.2. The minimum atomic E-state index is -3.11. The zero-order valence-corrected chi connectivity index (χ0v) is 11.5. The Labute approximate surface area is 108 Å². The van der Waals surface area contributed by atoms with Crippen molar-refractivity contribution in [2.45, 2.75) is 37.3 Å². The van der Waals surface area contributed by atoms with E-state index in [1.165, 1.54) is 0 Å². The fourth-order valence-corrected chi connectivity index (χ4v) is 2.94. The Morgan fingerprint density at radius 2 is 2.00 bits per heavy atom. The van der Waals surface area contributed by atoms with Crippen LogP contribution in [0.1, 0.15) is 20.3 Å². The number of rotatable bonds is 4. The molecule has 18 heavy (non-hydrogen) atoms. The Morgan fingerprint density at radius 3 is 2.50 bits per heavy atom. The van der Waals surface area contributed by atoms with Crippen LogP contribution in [-0.2, 0) is 14.6 Å². The summed E-state index contributed by atoms with van der Waals surface area (Å²) in [5.41, 5.74) is 0.937. The van der Waals surface area contributed by atoms with E-state index in [2.05, 4.69) is 5.32 Å². The highest BCUT2D eigenvalue weighted by Crippen LogP contribution is 2.20. The van der Waals surface area contributed by atoms with Crippen LogP contribution in [0, 0.1) is 0 Å². The van der Waals surface area contributed by atoms with Gasteiger partial charge in [-0.15, -0.1) is 0 Å². The molecule has 1 aliphatic rings. The molecule has 0 radical (unpaired) electrons. The van der Waals surface area contributed by atoms with Crippen LogP contribution in [0.25, 0.3) is 0 Å². The van der Waals surface area contributed by atoms with E-state index >= 15 is 0 Å². The standard InChI is InChI=1S/C13H19NO3S/c1-3-18(15,16)12-6-4-11(5-7-12)14-13-8-9-17-10(13)2/h4-7,10,13-14H,3,8-9H2,1-2H3. The largest absolute Gasteiger partial charge is 0.380 e. The van der Waals surface area contributed by atoms with Crippen molar-refractivity contribution in [1.82, 2.24) is 0 Å². The Morgan fingerprint density at radius 1 is 1.33 bits per heavy atom. The molecule has 0 spiro atoms. The number of hydrogen-bond donors (Lipinski definition) is 1. The third kappa shape index (κ3) is 2.84. The molecule has 100 valence electrons. The summed E-state index contributed by atoms with van der Waals surface area (Å²) in [7, 11) is -3.11. The molecule has 0 amide bonds. The van der Waals surface area contributed by atoms with Crippen molar-refractivity contribution in [2.75, 3.05) is 17.7 Å².